The first-order valence-electron chi connectivity index (χ1n) is 8.43. The van der Waals surface area contributed by atoms with Crippen LogP contribution < -0.4 is 11.3 Å². The minimum absolute atomic E-state index is 0.00831. The van der Waals surface area contributed by atoms with Gasteiger partial charge in [-0.2, -0.15) is 5.10 Å². The fraction of sp³-hybridized carbons (Fsp3) is 0.200. The van der Waals surface area contributed by atoms with Gasteiger partial charge >= 0.3 is 0 Å². The number of hydrogen-bond acceptors (Lipinski definition) is 4. The molecule has 0 aliphatic heterocycles. The number of nitrogen functional groups attached to an aromatic ring is 1. The van der Waals surface area contributed by atoms with Crippen LogP contribution in [0.1, 0.15) is 24.0 Å². The Kier molecular flexibility index (Phi) is 3.92. The average Bonchev–Trinajstić information content (AvgIpc) is 3.23. The van der Waals surface area contributed by atoms with Crippen molar-refractivity contribution in [1.29, 1.82) is 0 Å². The lowest BCUT2D eigenvalue weighted by molar-refractivity contribution is 0.779. The molecule has 0 aliphatic carbocycles. The molecule has 26 heavy (non-hydrogen) atoms. The largest absolute Gasteiger partial charge is 0.383 e. The van der Waals surface area contributed by atoms with Gasteiger partial charge in [-0.15, -0.1) is 11.3 Å². The maximum atomic E-state index is 12.7. The molecular formula is C20H20N4OS. The SMILES string of the molecule is CC(c1ccccc1)c1cn(C)c(=O)c2cc(-c3cnn(C)c3N)sc12. The van der Waals surface area contributed by atoms with Crippen LogP contribution >= 0.6 is 11.3 Å². The summed E-state index contributed by atoms with van der Waals surface area (Å²) in [6.45, 7) is 2.17. The van der Waals surface area contributed by atoms with Gasteiger partial charge < -0.3 is 10.3 Å². The van der Waals surface area contributed by atoms with E-state index in [1.807, 2.05) is 37.5 Å². The van der Waals surface area contributed by atoms with Crippen LogP contribution in [0.15, 0.2) is 53.6 Å². The lowest BCUT2D eigenvalue weighted by atomic mass is 9.94. The Bertz CT molecular complexity index is 1150. The van der Waals surface area contributed by atoms with Crippen LogP contribution in [0.4, 0.5) is 5.82 Å². The standard InChI is InChI=1S/C20H20N4OS/c1-12(13-7-5-4-6-8-13)16-11-23(2)20(25)14-9-17(26-18(14)16)15-10-22-24(3)19(15)21/h4-12H,21H2,1-3H3. The number of aromatic nitrogens is 3. The van der Waals surface area contributed by atoms with Gasteiger partial charge in [0, 0.05) is 35.8 Å². The number of rotatable bonds is 3. The van der Waals surface area contributed by atoms with Crippen molar-refractivity contribution in [2.45, 2.75) is 12.8 Å². The molecule has 0 saturated heterocycles. The van der Waals surface area contributed by atoms with Gasteiger partial charge in [-0.1, -0.05) is 37.3 Å². The van der Waals surface area contributed by atoms with Gasteiger partial charge in [0.1, 0.15) is 5.82 Å². The number of thiophene rings is 1. The molecule has 4 aromatic rings. The molecule has 1 unspecified atom stereocenters. The molecule has 1 aromatic carbocycles. The van der Waals surface area contributed by atoms with Crippen molar-refractivity contribution >= 4 is 27.2 Å². The third-order valence-electron chi connectivity index (χ3n) is 4.89. The molecule has 3 aromatic heterocycles. The third-order valence-corrected chi connectivity index (χ3v) is 6.11. The van der Waals surface area contributed by atoms with Crippen LogP contribution in [0.5, 0.6) is 0 Å². The van der Waals surface area contributed by atoms with E-state index >= 15 is 0 Å². The predicted octanol–water partition coefficient (Wildman–Crippen LogP) is 3.73. The van der Waals surface area contributed by atoms with Crippen LogP contribution in [0.25, 0.3) is 20.5 Å². The molecule has 2 N–H and O–H groups in total. The van der Waals surface area contributed by atoms with Crippen molar-refractivity contribution < 1.29 is 0 Å². The first-order chi connectivity index (χ1) is 12.5. The van der Waals surface area contributed by atoms with E-state index in [1.165, 1.54) is 5.56 Å². The fourth-order valence-corrected chi connectivity index (χ4v) is 4.55. The Morgan fingerprint density at radius 2 is 1.92 bits per heavy atom. The Morgan fingerprint density at radius 3 is 2.58 bits per heavy atom. The van der Waals surface area contributed by atoms with Crippen LogP contribution in [-0.2, 0) is 14.1 Å². The first kappa shape index (κ1) is 16.6. The van der Waals surface area contributed by atoms with Gasteiger partial charge in [0.05, 0.1) is 17.1 Å². The molecule has 1 atom stereocenters. The van der Waals surface area contributed by atoms with Crippen LogP contribution in [0.3, 0.4) is 0 Å². The Morgan fingerprint density at radius 1 is 1.19 bits per heavy atom. The second kappa shape index (κ2) is 6.14. The average molecular weight is 364 g/mol. The highest BCUT2D eigenvalue weighted by Gasteiger charge is 2.19. The summed E-state index contributed by atoms with van der Waals surface area (Å²) in [5.74, 6) is 0.786. The summed E-state index contributed by atoms with van der Waals surface area (Å²) in [7, 11) is 3.62. The van der Waals surface area contributed by atoms with Gasteiger partial charge in [0.15, 0.2) is 0 Å². The fourth-order valence-electron chi connectivity index (χ4n) is 3.28. The molecule has 0 fully saturated rings. The molecule has 5 nitrogen and oxygen atoms in total. The molecule has 0 amide bonds. The highest BCUT2D eigenvalue weighted by Crippen LogP contribution is 2.39. The van der Waals surface area contributed by atoms with Crippen molar-refractivity contribution in [3.05, 3.63) is 70.3 Å². The zero-order valence-corrected chi connectivity index (χ0v) is 15.7. The molecule has 0 spiro atoms. The van der Waals surface area contributed by atoms with E-state index in [0.29, 0.717) is 5.82 Å². The molecule has 3 heterocycles. The number of hydrogen-bond donors (Lipinski definition) is 1. The maximum Gasteiger partial charge on any atom is 0.259 e. The summed E-state index contributed by atoms with van der Waals surface area (Å²) in [5.41, 5.74) is 9.39. The molecule has 0 radical (unpaired) electrons. The summed E-state index contributed by atoms with van der Waals surface area (Å²) in [4.78, 5) is 13.7. The number of anilines is 1. The van der Waals surface area contributed by atoms with Crippen LogP contribution in [0.2, 0.25) is 0 Å². The summed E-state index contributed by atoms with van der Waals surface area (Å²) in [6, 6.07) is 12.3. The van der Waals surface area contributed by atoms with E-state index in [4.69, 9.17) is 5.73 Å². The Labute approximate surface area is 155 Å². The van der Waals surface area contributed by atoms with Crippen molar-refractivity contribution in [3.8, 4) is 10.4 Å². The van der Waals surface area contributed by atoms with Crippen molar-refractivity contribution in [2.24, 2.45) is 14.1 Å². The number of fused-ring (bicyclic) bond motifs is 1. The second-order valence-electron chi connectivity index (χ2n) is 6.55. The number of nitrogens with zero attached hydrogens (tertiary/aromatic N) is 3. The van der Waals surface area contributed by atoms with Crippen molar-refractivity contribution in [3.63, 3.8) is 0 Å². The summed E-state index contributed by atoms with van der Waals surface area (Å²) in [5, 5.41) is 4.96. The highest BCUT2D eigenvalue weighted by atomic mass is 32.1. The van der Waals surface area contributed by atoms with E-state index in [2.05, 4.69) is 24.2 Å². The zero-order valence-electron chi connectivity index (χ0n) is 14.9. The Balaban J connectivity index is 1.96. The third kappa shape index (κ3) is 2.54. The van der Waals surface area contributed by atoms with Gasteiger partial charge in [0.25, 0.3) is 5.56 Å². The second-order valence-corrected chi connectivity index (χ2v) is 7.61. The van der Waals surface area contributed by atoms with E-state index in [1.54, 1.807) is 33.8 Å². The molecule has 132 valence electrons. The zero-order chi connectivity index (χ0) is 18.4. The van der Waals surface area contributed by atoms with Crippen LogP contribution in [0, 0.1) is 0 Å². The lowest BCUT2D eigenvalue weighted by Gasteiger charge is -2.14. The highest BCUT2D eigenvalue weighted by molar-refractivity contribution is 7.22. The molecule has 0 saturated carbocycles. The number of nitrogens with two attached hydrogens (primary N) is 1. The van der Waals surface area contributed by atoms with Crippen molar-refractivity contribution in [2.75, 3.05) is 5.73 Å². The van der Waals surface area contributed by atoms with Gasteiger partial charge in [-0.25, -0.2) is 0 Å². The lowest BCUT2D eigenvalue weighted by Crippen LogP contribution is -2.17. The number of aryl methyl sites for hydroxylation is 2. The summed E-state index contributed by atoms with van der Waals surface area (Å²) >= 11 is 1.60. The van der Waals surface area contributed by atoms with Gasteiger partial charge in [-0.05, 0) is 17.2 Å². The van der Waals surface area contributed by atoms with E-state index in [0.717, 1.165) is 26.1 Å². The molecule has 0 aliphatic rings. The molecule has 0 bridgehead atoms. The van der Waals surface area contributed by atoms with E-state index < -0.39 is 0 Å². The minimum atomic E-state index is 0.00831. The molecule has 6 heteroatoms. The monoisotopic (exact) mass is 364 g/mol. The first-order valence-corrected chi connectivity index (χ1v) is 9.25. The Hall–Kier alpha value is -2.86. The van der Waals surface area contributed by atoms with Gasteiger partial charge in [-0.3, -0.25) is 9.48 Å². The quantitative estimate of drug-likeness (QED) is 0.602. The molecule has 4 rings (SSSR count). The minimum Gasteiger partial charge on any atom is -0.383 e. The molecular weight excluding hydrogens is 344 g/mol. The number of pyridine rings is 1. The summed E-state index contributed by atoms with van der Waals surface area (Å²) in [6.07, 6.45) is 3.71. The van der Waals surface area contributed by atoms with Crippen molar-refractivity contribution in [1.82, 2.24) is 14.3 Å². The predicted molar refractivity (Wildman–Crippen MR) is 108 cm³/mol. The van der Waals surface area contributed by atoms with Crippen LogP contribution in [-0.4, -0.2) is 14.3 Å². The van der Waals surface area contributed by atoms with E-state index in [-0.39, 0.29) is 11.5 Å². The topological polar surface area (TPSA) is 65.8 Å². The normalized spacial score (nSPS) is 12.6. The summed E-state index contributed by atoms with van der Waals surface area (Å²) < 4.78 is 4.33. The van der Waals surface area contributed by atoms with E-state index in [9.17, 15) is 4.79 Å². The maximum absolute atomic E-state index is 12.7. The smallest absolute Gasteiger partial charge is 0.259 e. The number of benzene rings is 1. The van der Waals surface area contributed by atoms with Gasteiger partial charge in [0.2, 0.25) is 0 Å².